The highest BCUT2D eigenvalue weighted by Crippen LogP contribution is 2.41. The summed E-state index contributed by atoms with van der Waals surface area (Å²) in [4.78, 5) is 19.8. The molecule has 0 aliphatic carbocycles. The number of alkyl halides is 1. The van der Waals surface area contributed by atoms with Gasteiger partial charge in [0.1, 0.15) is 6.04 Å². The Labute approximate surface area is 162 Å². The first-order valence-corrected chi connectivity index (χ1v) is 10.0. The molecule has 1 aromatic rings. The Morgan fingerprint density at radius 1 is 1.38 bits per heavy atom. The molecule has 3 rings (SSSR count). The number of carbonyl (C=O) groups is 1. The second kappa shape index (κ2) is 7.90. The van der Waals surface area contributed by atoms with Crippen molar-refractivity contribution in [3.63, 3.8) is 0 Å². The number of halogens is 2. The minimum atomic E-state index is -0.472. The Morgan fingerprint density at radius 3 is 2.79 bits per heavy atom. The molecule has 1 saturated heterocycles. The van der Waals surface area contributed by atoms with E-state index in [1.54, 1.807) is 4.90 Å². The molecule has 0 spiro atoms. The van der Waals surface area contributed by atoms with E-state index in [-0.39, 0.29) is 18.5 Å². The van der Waals surface area contributed by atoms with Gasteiger partial charge < -0.3 is 9.64 Å². The van der Waals surface area contributed by atoms with Crippen LogP contribution in [0.5, 0.6) is 0 Å². The summed E-state index contributed by atoms with van der Waals surface area (Å²) in [5, 5.41) is 3.70. The number of fused-ring (bicyclic) bond motifs is 1. The monoisotopic (exact) mass is 505 g/mol. The SMILES string of the molecule is [N-]=[N+]=NC[C@@H]1C(=O)N(CI)c2ccc(Br)cc2N1C1CCOCC1. The van der Waals surface area contributed by atoms with Crippen LogP contribution >= 0.6 is 38.5 Å². The first kappa shape index (κ1) is 17.8. The summed E-state index contributed by atoms with van der Waals surface area (Å²) in [6, 6.07) is 5.68. The van der Waals surface area contributed by atoms with Crippen molar-refractivity contribution in [1.82, 2.24) is 0 Å². The van der Waals surface area contributed by atoms with E-state index in [2.05, 4.69) is 53.4 Å². The average Bonchev–Trinajstić information content (AvgIpc) is 2.60. The average molecular weight is 506 g/mol. The van der Waals surface area contributed by atoms with Crippen LogP contribution in [0.15, 0.2) is 27.8 Å². The lowest BCUT2D eigenvalue weighted by Gasteiger charge is -2.47. The fraction of sp³-hybridized carbons (Fsp3) is 0.533. The van der Waals surface area contributed by atoms with Gasteiger partial charge in [-0.15, -0.1) is 0 Å². The Balaban J connectivity index is 2.09. The molecule has 128 valence electrons. The quantitative estimate of drug-likeness (QED) is 0.156. The van der Waals surface area contributed by atoms with Crippen molar-refractivity contribution in [1.29, 1.82) is 0 Å². The maximum atomic E-state index is 13.0. The molecule has 9 heteroatoms. The van der Waals surface area contributed by atoms with E-state index in [0.717, 1.165) is 28.7 Å². The van der Waals surface area contributed by atoms with Crippen molar-refractivity contribution in [2.45, 2.75) is 24.9 Å². The van der Waals surface area contributed by atoms with Gasteiger partial charge >= 0.3 is 0 Å². The second-order valence-electron chi connectivity index (χ2n) is 5.70. The molecule has 1 amide bonds. The molecule has 0 saturated carbocycles. The van der Waals surface area contributed by atoms with Crippen LogP contribution in [0, 0.1) is 0 Å². The largest absolute Gasteiger partial charge is 0.381 e. The molecule has 2 aliphatic heterocycles. The summed E-state index contributed by atoms with van der Waals surface area (Å²) in [6.07, 6.45) is 1.71. The lowest BCUT2D eigenvalue weighted by atomic mass is 9.99. The molecule has 1 fully saturated rings. The van der Waals surface area contributed by atoms with E-state index in [1.165, 1.54) is 0 Å². The summed E-state index contributed by atoms with van der Waals surface area (Å²) in [5.41, 5.74) is 10.6. The van der Waals surface area contributed by atoms with Crippen molar-refractivity contribution in [3.8, 4) is 0 Å². The lowest BCUT2D eigenvalue weighted by molar-refractivity contribution is -0.120. The number of amides is 1. The Morgan fingerprint density at radius 2 is 2.12 bits per heavy atom. The number of azide groups is 1. The summed E-state index contributed by atoms with van der Waals surface area (Å²) in [6.45, 7) is 1.50. The molecule has 0 N–H and O–H groups in total. The Kier molecular flexibility index (Phi) is 5.85. The van der Waals surface area contributed by atoms with E-state index >= 15 is 0 Å². The number of rotatable bonds is 4. The van der Waals surface area contributed by atoms with E-state index in [0.29, 0.717) is 17.8 Å². The van der Waals surface area contributed by atoms with Gasteiger partial charge in [0, 0.05) is 28.6 Å². The van der Waals surface area contributed by atoms with E-state index in [1.807, 2.05) is 18.2 Å². The third kappa shape index (κ3) is 3.35. The molecule has 2 aliphatic rings. The lowest BCUT2D eigenvalue weighted by Crippen LogP contribution is -2.58. The van der Waals surface area contributed by atoms with Crippen molar-refractivity contribution in [3.05, 3.63) is 33.1 Å². The van der Waals surface area contributed by atoms with Crippen LogP contribution in [0.2, 0.25) is 0 Å². The van der Waals surface area contributed by atoms with Gasteiger partial charge in [0.25, 0.3) is 5.91 Å². The molecule has 0 unspecified atom stereocenters. The predicted molar refractivity (Wildman–Crippen MR) is 105 cm³/mol. The first-order chi connectivity index (χ1) is 11.7. The molecule has 1 aromatic carbocycles. The molecule has 7 nitrogen and oxygen atoms in total. The third-order valence-electron chi connectivity index (χ3n) is 4.41. The minimum absolute atomic E-state index is 0.0156. The predicted octanol–water partition coefficient (Wildman–Crippen LogP) is 3.85. The number of ether oxygens (including phenoxy) is 1. The molecule has 0 bridgehead atoms. The minimum Gasteiger partial charge on any atom is -0.381 e. The summed E-state index contributed by atoms with van der Waals surface area (Å²) in [7, 11) is 0. The summed E-state index contributed by atoms with van der Waals surface area (Å²) < 4.78 is 6.99. The van der Waals surface area contributed by atoms with Crippen molar-refractivity contribution in [2.24, 2.45) is 5.11 Å². The first-order valence-electron chi connectivity index (χ1n) is 7.71. The smallest absolute Gasteiger partial charge is 0.250 e. The molecule has 0 radical (unpaired) electrons. The van der Waals surface area contributed by atoms with Crippen molar-refractivity contribution >= 4 is 55.8 Å². The maximum Gasteiger partial charge on any atom is 0.250 e. The van der Waals surface area contributed by atoms with Gasteiger partial charge in [-0.05, 0) is 36.6 Å². The van der Waals surface area contributed by atoms with Gasteiger partial charge in [-0.3, -0.25) is 9.69 Å². The van der Waals surface area contributed by atoms with E-state index < -0.39 is 6.04 Å². The van der Waals surface area contributed by atoms with Gasteiger partial charge in [-0.2, -0.15) is 0 Å². The van der Waals surface area contributed by atoms with Crippen LogP contribution in [0.4, 0.5) is 11.4 Å². The number of carbonyl (C=O) groups excluding carboxylic acids is 1. The molecular formula is C15H17BrIN5O2. The van der Waals surface area contributed by atoms with E-state index in [9.17, 15) is 4.79 Å². The van der Waals surface area contributed by atoms with Crippen LogP contribution < -0.4 is 9.80 Å². The van der Waals surface area contributed by atoms with Gasteiger partial charge in [0.05, 0.1) is 22.5 Å². The highest BCUT2D eigenvalue weighted by molar-refractivity contribution is 14.1. The zero-order valence-corrected chi connectivity index (χ0v) is 16.7. The van der Waals surface area contributed by atoms with Gasteiger partial charge in [0.15, 0.2) is 0 Å². The number of hydrogen-bond donors (Lipinski definition) is 0. The Hall–Kier alpha value is -1.03. The zero-order chi connectivity index (χ0) is 17.1. The zero-order valence-electron chi connectivity index (χ0n) is 12.9. The van der Waals surface area contributed by atoms with Gasteiger partial charge in [-0.1, -0.05) is 43.6 Å². The summed E-state index contributed by atoms with van der Waals surface area (Å²) in [5.74, 6) is -0.0156. The van der Waals surface area contributed by atoms with Crippen LogP contribution in [-0.2, 0) is 9.53 Å². The molecule has 24 heavy (non-hydrogen) atoms. The van der Waals surface area contributed by atoms with Crippen LogP contribution in [0.3, 0.4) is 0 Å². The third-order valence-corrected chi connectivity index (χ3v) is 5.59. The van der Waals surface area contributed by atoms with Gasteiger partial charge in [-0.25, -0.2) is 0 Å². The standard InChI is InChI=1S/C15H17BrIN5O2/c16-10-1-2-12-13(7-10)22(11-3-5-24-6-4-11)14(8-19-20-18)15(23)21(12)9-17/h1-2,7,11,14H,3-6,8-9H2/t14-/m1/s1. The fourth-order valence-electron chi connectivity index (χ4n) is 3.33. The van der Waals surface area contributed by atoms with Crippen molar-refractivity contribution < 1.29 is 9.53 Å². The molecule has 0 aromatic heterocycles. The maximum absolute atomic E-state index is 13.0. The van der Waals surface area contributed by atoms with Crippen LogP contribution in [-0.4, -0.2) is 42.3 Å². The molecular weight excluding hydrogens is 489 g/mol. The summed E-state index contributed by atoms with van der Waals surface area (Å²) >= 11 is 5.72. The van der Waals surface area contributed by atoms with Crippen molar-refractivity contribution in [2.75, 3.05) is 34.1 Å². The highest BCUT2D eigenvalue weighted by Gasteiger charge is 2.41. The second-order valence-corrected chi connectivity index (χ2v) is 7.30. The Bertz CT molecular complexity index is 676. The normalized spacial score (nSPS) is 21.4. The fourth-order valence-corrected chi connectivity index (χ4v) is 4.39. The number of nitrogens with zero attached hydrogens (tertiary/aromatic N) is 5. The molecule has 1 atom stereocenters. The molecule has 2 heterocycles. The highest BCUT2D eigenvalue weighted by atomic mass is 127. The number of hydrogen-bond acceptors (Lipinski definition) is 4. The van der Waals surface area contributed by atoms with Gasteiger partial charge in [0.2, 0.25) is 0 Å². The van der Waals surface area contributed by atoms with E-state index in [4.69, 9.17) is 10.3 Å². The van der Waals surface area contributed by atoms with Crippen LogP contribution in [0.25, 0.3) is 10.4 Å². The number of benzene rings is 1. The van der Waals surface area contributed by atoms with Crippen LogP contribution in [0.1, 0.15) is 12.8 Å². The number of anilines is 2. The topological polar surface area (TPSA) is 81.5 Å².